The number of nitrogens with zero attached hydrogens (tertiary/aromatic N) is 1. The second kappa shape index (κ2) is 5.47. The minimum atomic E-state index is -4.07. The van der Waals surface area contributed by atoms with Gasteiger partial charge in [-0.05, 0) is 25.2 Å². The highest BCUT2D eigenvalue weighted by Gasteiger charge is 2.53. The van der Waals surface area contributed by atoms with E-state index >= 15 is 0 Å². The van der Waals surface area contributed by atoms with E-state index in [1.54, 1.807) is 0 Å². The van der Waals surface area contributed by atoms with Crippen LogP contribution in [0.2, 0.25) is 0 Å². The summed E-state index contributed by atoms with van der Waals surface area (Å²) in [7, 11) is -8.13. The minimum Gasteiger partial charge on any atom is -0.370 e. The highest BCUT2D eigenvalue weighted by Crippen LogP contribution is 2.53. The van der Waals surface area contributed by atoms with Crippen LogP contribution in [0.3, 0.4) is 0 Å². The molecule has 1 heterocycles. The van der Waals surface area contributed by atoms with Crippen molar-refractivity contribution in [2.75, 3.05) is 12.3 Å². The third-order valence-electron chi connectivity index (χ3n) is 5.19. The zero-order valence-electron chi connectivity index (χ0n) is 12.8. The van der Waals surface area contributed by atoms with Gasteiger partial charge in [0.15, 0.2) is 0 Å². The van der Waals surface area contributed by atoms with E-state index in [9.17, 15) is 21.4 Å². The van der Waals surface area contributed by atoms with Gasteiger partial charge in [0, 0.05) is 23.7 Å². The van der Waals surface area contributed by atoms with Crippen LogP contribution < -0.4 is 0 Å². The molecule has 2 N–H and O–H groups in total. The molecule has 2 fully saturated rings. The molecule has 2 rings (SSSR count). The molecule has 128 valence electrons. The van der Waals surface area contributed by atoms with Crippen LogP contribution in [-0.4, -0.2) is 54.4 Å². The molecule has 0 spiro atoms. The lowest BCUT2D eigenvalue weighted by Gasteiger charge is -2.37. The molecule has 3 unspecified atom stereocenters. The van der Waals surface area contributed by atoms with E-state index < -0.39 is 25.5 Å². The molecule has 9 heteroatoms. The van der Waals surface area contributed by atoms with Gasteiger partial charge in [-0.15, -0.1) is 0 Å². The maximum atomic E-state index is 11.4. The summed E-state index contributed by atoms with van der Waals surface area (Å²) in [6.07, 6.45) is 1.21. The molecular formula is C13H23NO6S2. The number of rotatable bonds is 4. The Labute approximate surface area is 131 Å². The monoisotopic (exact) mass is 353 g/mol. The Hall–Kier alpha value is -0.640. The highest BCUT2D eigenvalue weighted by molar-refractivity contribution is 7.86. The van der Waals surface area contributed by atoms with Gasteiger partial charge in [0.25, 0.3) is 20.2 Å². The third-order valence-corrected chi connectivity index (χ3v) is 7.16. The van der Waals surface area contributed by atoms with Crippen molar-refractivity contribution in [1.29, 1.82) is 0 Å². The molecule has 1 saturated heterocycles. The molecule has 22 heavy (non-hydrogen) atoms. The number of allylic oxidation sites excluding steroid dienone is 1. The maximum absolute atomic E-state index is 11.4. The molecule has 0 amide bonds. The summed E-state index contributed by atoms with van der Waals surface area (Å²) in [6.45, 7) is 8.08. The Bertz CT molecular complexity index is 667. The van der Waals surface area contributed by atoms with Crippen molar-refractivity contribution in [3.63, 3.8) is 0 Å². The average Bonchev–Trinajstić information content (AvgIpc) is 2.54. The molecule has 0 bridgehead atoms. The number of hydrogen-bond donors (Lipinski definition) is 2. The summed E-state index contributed by atoms with van der Waals surface area (Å²) in [5.74, 6) is -0.408. The van der Waals surface area contributed by atoms with Crippen LogP contribution >= 0.6 is 0 Å². The highest BCUT2D eigenvalue weighted by atomic mass is 32.2. The molecule has 0 aromatic heterocycles. The van der Waals surface area contributed by atoms with Crippen LogP contribution in [-0.2, 0) is 20.2 Å². The average molecular weight is 353 g/mol. The molecule has 7 nitrogen and oxygen atoms in total. The van der Waals surface area contributed by atoms with E-state index in [2.05, 4.69) is 6.58 Å². The number of fused-ring (bicyclic) bond motifs is 1. The summed E-state index contributed by atoms with van der Waals surface area (Å²) in [4.78, 5) is 1.87. The summed E-state index contributed by atoms with van der Waals surface area (Å²) in [5.41, 5.74) is 0.370. The van der Waals surface area contributed by atoms with Crippen LogP contribution in [0, 0.1) is 11.3 Å². The van der Waals surface area contributed by atoms with Crippen LogP contribution in [0.25, 0.3) is 0 Å². The van der Waals surface area contributed by atoms with Crippen molar-refractivity contribution in [2.45, 2.75) is 44.4 Å². The largest absolute Gasteiger partial charge is 0.370 e. The van der Waals surface area contributed by atoms with Gasteiger partial charge >= 0.3 is 0 Å². The minimum absolute atomic E-state index is 0.0118. The number of likely N-dealkylation sites (tertiary alicyclic amines) is 1. The van der Waals surface area contributed by atoms with Gasteiger partial charge in [-0.25, -0.2) is 0 Å². The molecule has 2 aliphatic rings. The zero-order valence-corrected chi connectivity index (χ0v) is 14.4. The van der Waals surface area contributed by atoms with Gasteiger partial charge in [-0.1, -0.05) is 20.4 Å². The van der Waals surface area contributed by atoms with Crippen LogP contribution in [0.5, 0.6) is 0 Å². The summed E-state index contributed by atoms with van der Waals surface area (Å²) in [6, 6.07) is -0.0118. The molecule has 1 aliphatic heterocycles. The van der Waals surface area contributed by atoms with Crippen LogP contribution in [0.1, 0.15) is 33.1 Å². The lowest BCUT2D eigenvalue weighted by Crippen LogP contribution is -2.42. The van der Waals surface area contributed by atoms with Gasteiger partial charge in [0.1, 0.15) is 0 Å². The first-order valence-corrected chi connectivity index (χ1v) is 10.3. The standard InChI is InChI=1S/C13H23NO6S2/c1-9-13(2,3)11-8-10(22(18,19)20)4-5-12(11)14(9)6-7-21(15,16)17/h10-12H,1,4-8H2,2-3H3,(H,15,16,17)(H,18,19,20). The van der Waals surface area contributed by atoms with Crippen molar-refractivity contribution in [1.82, 2.24) is 4.90 Å². The summed E-state index contributed by atoms with van der Waals surface area (Å²) >= 11 is 0. The Balaban J connectivity index is 2.23. The number of hydrogen-bond acceptors (Lipinski definition) is 5. The van der Waals surface area contributed by atoms with Crippen molar-refractivity contribution >= 4 is 20.2 Å². The van der Waals surface area contributed by atoms with Gasteiger partial charge in [0.05, 0.1) is 11.0 Å². The van der Waals surface area contributed by atoms with Gasteiger partial charge in [-0.2, -0.15) is 16.8 Å². The maximum Gasteiger partial charge on any atom is 0.267 e. The second-order valence-electron chi connectivity index (χ2n) is 6.77. The first-order chi connectivity index (χ1) is 9.84. The predicted octanol–water partition coefficient (Wildman–Crippen LogP) is 1.15. The fourth-order valence-electron chi connectivity index (χ4n) is 3.83. The fourth-order valence-corrected chi connectivity index (χ4v) is 5.15. The van der Waals surface area contributed by atoms with E-state index in [1.165, 1.54) is 0 Å². The van der Waals surface area contributed by atoms with E-state index in [-0.39, 0.29) is 29.7 Å². The fraction of sp³-hybridized carbons (Fsp3) is 0.846. The van der Waals surface area contributed by atoms with Crippen LogP contribution in [0.15, 0.2) is 12.3 Å². The SMILES string of the molecule is C=C1N(CCS(=O)(=O)O)C2CCC(S(=O)(=O)O)CC2C1(C)C. The van der Waals surface area contributed by atoms with Gasteiger partial charge in [0.2, 0.25) is 0 Å². The summed E-state index contributed by atoms with van der Waals surface area (Å²) in [5, 5.41) is -0.776. The molecular weight excluding hydrogens is 330 g/mol. The van der Waals surface area contributed by atoms with E-state index in [4.69, 9.17) is 4.55 Å². The van der Waals surface area contributed by atoms with Crippen molar-refractivity contribution < 1.29 is 25.9 Å². The van der Waals surface area contributed by atoms with Crippen molar-refractivity contribution in [3.8, 4) is 0 Å². The molecule has 1 saturated carbocycles. The Morgan fingerprint density at radius 1 is 1.23 bits per heavy atom. The van der Waals surface area contributed by atoms with E-state index in [0.717, 1.165) is 5.70 Å². The summed E-state index contributed by atoms with van der Waals surface area (Å²) < 4.78 is 63.0. The quantitative estimate of drug-likeness (QED) is 0.729. The Morgan fingerprint density at radius 3 is 2.32 bits per heavy atom. The molecule has 0 aromatic rings. The van der Waals surface area contributed by atoms with Gasteiger partial charge < -0.3 is 4.90 Å². The molecule has 1 aliphatic carbocycles. The Morgan fingerprint density at radius 2 is 1.82 bits per heavy atom. The van der Waals surface area contributed by atoms with Crippen LogP contribution in [0.4, 0.5) is 0 Å². The lowest BCUT2D eigenvalue weighted by atomic mass is 9.71. The molecule has 3 atom stereocenters. The topological polar surface area (TPSA) is 112 Å². The second-order valence-corrected chi connectivity index (χ2v) is 10.0. The third kappa shape index (κ3) is 3.32. The Kier molecular flexibility index (Phi) is 4.40. The first kappa shape index (κ1) is 17.7. The smallest absolute Gasteiger partial charge is 0.267 e. The normalized spacial score (nSPS) is 32.1. The van der Waals surface area contributed by atoms with E-state index in [1.807, 2.05) is 18.7 Å². The lowest BCUT2D eigenvalue weighted by molar-refractivity contribution is 0.172. The van der Waals surface area contributed by atoms with Crippen molar-refractivity contribution in [2.24, 2.45) is 11.3 Å². The first-order valence-electron chi connectivity index (χ1n) is 7.21. The predicted molar refractivity (Wildman–Crippen MR) is 82.5 cm³/mol. The molecule has 0 aromatic carbocycles. The van der Waals surface area contributed by atoms with Gasteiger partial charge in [-0.3, -0.25) is 9.11 Å². The molecule has 0 radical (unpaired) electrons. The van der Waals surface area contributed by atoms with E-state index in [0.29, 0.717) is 19.3 Å². The van der Waals surface area contributed by atoms with Crippen molar-refractivity contribution in [3.05, 3.63) is 12.3 Å². The zero-order chi connectivity index (χ0) is 16.9.